The lowest BCUT2D eigenvalue weighted by molar-refractivity contribution is 0.234. The van der Waals surface area contributed by atoms with Gasteiger partial charge in [-0.25, -0.2) is 9.97 Å². The number of aliphatic hydroxyl groups excluding tert-OH is 1. The molecule has 18 heavy (non-hydrogen) atoms. The topological polar surface area (TPSA) is 58.0 Å². The van der Waals surface area contributed by atoms with E-state index >= 15 is 0 Å². The fourth-order valence-electron chi connectivity index (χ4n) is 1.67. The van der Waals surface area contributed by atoms with Gasteiger partial charge in [0.05, 0.1) is 17.5 Å². The van der Waals surface area contributed by atoms with Crippen molar-refractivity contribution in [2.75, 3.05) is 11.9 Å². The van der Waals surface area contributed by atoms with Crippen LogP contribution in [-0.4, -0.2) is 27.2 Å². The first-order valence-corrected chi connectivity index (χ1v) is 6.86. The summed E-state index contributed by atoms with van der Waals surface area (Å²) in [5.41, 5.74) is 0.704. The maximum absolute atomic E-state index is 9.33. The fourth-order valence-corrected chi connectivity index (χ4v) is 2.92. The zero-order chi connectivity index (χ0) is 13.5. The van der Waals surface area contributed by atoms with Gasteiger partial charge in [-0.2, -0.15) is 0 Å². The van der Waals surface area contributed by atoms with Crippen LogP contribution in [0.25, 0.3) is 10.2 Å². The second kappa shape index (κ2) is 4.64. The molecule has 2 N–H and O–H groups in total. The van der Waals surface area contributed by atoms with Crippen molar-refractivity contribution in [3.05, 3.63) is 15.7 Å². The van der Waals surface area contributed by atoms with Crippen LogP contribution in [0.15, 0.2) is 0 Å². The van der Waals surface area contributed by atoms with Crippen LogP contribution in [0.2, 0.25) is 5.28 Å². The highest BCUT2D eigenvalue weighted by Crippen LogP contribution is 2.34. The molecule has 0 aliphatic carbocycles. The Morgan fingerprint density at radius 2 is 2.00 bits per heavy atom. The van der Waals surface area contributed by atoms with Crippen molar-refractivity contribution in [1.82, 2.24) is 9.97 Å². The zero-order valence-corrected chi connectivity index (χ0v) is 12.4. The lowest BCUT2D eigenvalue weighted by Crippen LogP contribution is -2.35. The molecule has 0 saturated carbocycles. The highest BCUT2D eigenvalue weighted by Gasteiger charge is 2.21. The van der Waals surface area contributed by atoms with Gasteiger partial charge in [0.1, 0.15) is 10.6 Å². The number of aromatic nitrogens is 2. The number of aryl methyl sites for hydroxylation is 2. The van der Waals surface area contributed by atoms with E-state index in [-0.39, 0.29) is 11.9 Å². The Labute approximate surface area is 115 Å². The van der Waals surface area contributed by atoms with Gasteiger partial charge in [0.15, 0.2) is 0 Å². The van der Waals surface area contributed by atoms with Crippen molar-refractivity contribution < 1.29 is 5.11 Å². The highest BCUT2D eigenvalue weighted by atomic mass is 35.5. The number of hydrogen-bond donors (Lipinski definition) is 2. The molecule has 0 aliphatic rings. The average molecular weight is 286 g/mol. The van der Waals surface area contributed by atoms with Crippen molar-refractivity contribution in [3.63, 3.8) is 0 Å². The van der Waals surface area contributed by atoms with E-state index in [1.807, 2.05) is 20.8 Å². The largest absolute Gasteiger partial charge is 0.394 e. The predicted octanol–water partition coefficient (Wildman–Crippen LogP) is 3.14. The molecule has 2 aromatic rings. The monoisotopic (exact) mass is 285 g/mol. The molecule has 6 heteroatoms. The molecule has 2 rings (SSSR count). The van der Waals surface area contributed by atoms with Gasteiger partial charge in [-0.3, -0.25) is 0 Å². The van der Waals surface area contributed by atoms with Crippen LogP contribution in [0, 0.1) is 13.8 Å². The van der Waals surface area contributed by atoms with Crippen LogP contribution in [0.3, 0.4) is 0 Å². The summed E-state index contributed by atoms with van der Waals surface area (Å²) in [7, 11) is 0. The van der Waals surface area contributed by atoms with E-state index < -0.39 is 5.54 Å². The van der Waals surface area contributed by atoms with Crippen molar-refractivity contribution >= 4 is 39.0 Å². The van der Waals surface area contributed by atoms with Crippen molar-refractivity contribution in [3.8, 4) is 0 Å². The first-order chi connectivity index (χ1) is 8.34. The summed E-state index contributed by atoms with van der Waals surface area (Å²) in [4.78, 5) is 10.6. The van der Waals surface area contributed by atoms with Gasteiger partial charge in [-0.15, -0.1) is 11.3 Å². The second-order valence-electron chi connectivity index (χ2n) is 4.97. The van der Waals surface area contributed by atoms with E-state index in [1.165, 1.54) is 4.88 Å². The third-order valence-corrected chi connectivity index (χ3v) is 4.12. The molecule has 0 unspecified atom stereocenters. The Morgan fingerprint density at radius 1 is 1.33 bits per heavy atom. The summed E-state index contributed by atoms with van der Waals surface area (Å²) in [5.74, 6) is 0.686. The summed E-state index contributed by atoms with van der Waals surface area (Å²) in [6, 6.07) is 0. The number of aliphatic hydroxyl groups is 1. The summed E-state index contributed by atoms with van der Waals surface area (Å²) < 4.78 is 0. The number of nitrogens with one attached hydrogen (secondary N) is 1. The molecule has 0 atom stereocenters. The zero-order valence-electron chi connectivity index (χ0n) is 10.8. The fraction of sp³-hybridized carbons (Fsp3) is 0.500. The highest BCUT2D eigenvalue weighted by molar-refractivity contribution is 7.18. The number of fused-ring (bicyclic) bond motifs is 1. The van der Waals surface area contributed by atoms with Gasteiger partial charge in [-0.05, 0) is 44.9 Å². The third kappa shape index (κ3) is 2.43. The molecule has 0 aliphatic heterocycles. The molecule has 0 bridgehead atoms. The van der Waals surface area contributed by atoms with E-state index in [0.717, 1.165) is 15.8 Å². The molecule has 2 aromatic heterocycles. The molecule has 2 heterocycles. The number of hydrogen-bond acceptors (Lipinski definition) is 5. The van der Waals surface area contributed by atoms with Crippen LogP contribution < -0.4 is 5.32 Å². The minimum Gasteiger partial charge on any atom is -0.394 e. The first kappa shape index (κ1) is 13.5. The summed E-state index contributed by atoms with van der Waals surface area (Å²) in [5, 5.41) is 13.8. The smallest absolute Gasteiger partial charge is 0.225 e. The molecular weight excluding hydrogens is 270 g/mol. The Morgan fingerprint density at radius 3 is 2.61 bits per heavy atom. The minimum absolute atomic E-state index is 0.0122. The molecule has 0 fully saturated rings. The van der Waals surface area contributed by atoms with Gasteiger partial charge in [0, 0.05) is 4.88 Å². The maximum atomic E-state index is 9.33. The van der Waals surface area contributed by atoms with E-state index in [2.05, 4.69) is 22.2 Å². The number of halogens is 1. The van der Waals surface area contributed by atoms with Crippen molar-refractivity contribution in [2.24, 2.45) is 0 Å². The Hall–Kier alpha value is -0.910. The maximum Gasteiger partial charge on any atom is 0.225 e. The SMILES string of the molecule is Cc1sc2nc(Cl)nc(NC(C)(C)CO)c2c1C. The van der Waals surface area contributed by atoms with E-state index in [1.54, 1.807) is 11.3 Å². The molecule has 0 spiro atoms. The van der Waals surface area contributed by atoms with Crippen LogP contribution >= 0.6 is 22.9 Å². The number of anilines is 1. The quantitative estimate of drug-likeness (QED) is 0.851. The van der Waals surface area contributed by atoms with Gasteiger partial charge in [-0.1, -0.05) is 0 Å². The van der Waals surface area contributed by atoms with Crippen molar-refractivity contribution in [1.29, 1.82) is 0 Å². The normalized spacial score (nSPS) is 12.1. The molecule has 98 valence electrons. The number of thiophene rings is 1. The van der Waals surface area contributed by atoms with Crippen molar-refractivity contribution in [2.45, 2.75) is 33.2 Å². The molecule has 0 amide bonds. The summed E-state index contributed by atoms with van der Waals surface area (Å²) >= 11 is 7.54. The molecular formula is C12H16ClN3OS. The van der Waals surface area contributed by atoms with Gasteiger partial charge < -0.3 is 10.4 Å². The Balaban J connectivity index is 2.62. The van der Waals surface area contributed by atoms with E-state index in [4.69, 9.17) is 11.6 Å². The van der Waals surface area contributed by atoms with Gasteiger partial charge >= 0.3 is 0 Å². The minimum atomic E-state index is -0.451. The standard InChI is InChI=1S/C12H16ClN3OS/c1-6-7(2)18-10-8(6)9(14-11(13)15-10)16-12(3,4)5-17/h17H,5H2,1-4H3,(H,14,15,16). The molecule has 0 radical (unpaired) electrons. The Kier molecular flexibility index (Phi) is 3.49. The Bertz CT molecular complexity index is 595. The summed E-state index contributed by atoms with van der Waals surface area (Å²) in [6.07, 6.45) is 0. The number of rotatable bonds is 3. The number of nitrogens with zero attached hydrogens (tertiary/aromatic N) is 2. The van der Waals surface area contributed by atoms with Crippen LogP contribution in [0.5, 0.6) is 0 Å². The van der Waals surface area contributed by atoms with E-state index in [9.17, 15) is 5.11 Å². The lowest BCUT2D eigenvalue weighted by atomic mass is 10.1. The van der Waals surface area contributed by atoms with Crippen LogP contribution in [0.1, 0.15) is 24.3 Å². The van der Waals surface area contributed by atoms with Crippen LogP contribution in [0.4, 0.5) is 5.82 Å². The molecule has 0 aromatic carbocycles. The second-order valence-corrected chi connectivity index (χ2v) is 6.51. The molecule has 4 nitrogen and oxygen atoms in total. The van der Waals surface area contributed by atoms with Crippen LogP contribution in [-0.2, 0) is 0 Å². The van der Waals surface area contributed by atoms with E-state index in [0.29, 0.717) is 5.82 Å². The average Bonchev–Trinajstić information content (AvgIpc) is 2.54. The third-order valence-electron chi connectivity index (χ3n) is 2.85. The first-order valence-electron chi connectivity index (χ1n) is 5.66. The summed E-state index contributed by atoms with van der Waals surface area (Å²) in [6.45, 7) is 7.92. The van der Waals surface area contributed by atoms with Gasteiger partial charge in [0.25, 0.3) is 0 Å². The lowest BCUT2D eigenvalue weighted by Gasteiger charge is -2.24. The van der Waals surface area contributed by atoms with Gasteiger partial charge in [0.2, 0.25) is 5.28 Å². The predicted molar refractivity (Wildman–Crippen MR) is 76.7 cm³/mol. The molecule has 0 saturated heterocycles.